The van der Waals surface area contributed by atoms with E-state index in [1.54, 1.807) is 17.2 Å². The minimum atomic E-state index is -1.54. The van der Waals surface area contributed by atoms with Gasteiger partial charge in [-0.1, -0.05) is 70.7 Å². The number of carboxylic acids is 1. The highest BCUT2D eigenvalue weighted by atomic mass is 32.2. The van der Waals surface area contributed by atoms with Gasteiger partial charge in [-0.05, 0) is 41.3 Å². The largest absolute Gasteiger partial charge is 0.480 e. The summed E-state index contributed by atoms with van der Waals surface area (Å²) in [6.07, 6.45) is 1.58. The maximum absolute atomic E-state index is 16.2. The van der Waals surface area contributed by atoms with E-state index >= 15 is 8.78 Å². The van der Waals surface area contributed by atoms with Gasteiger partial charge in [0, 0.05) is 87.5 Å². The van der Waals surface area contributed by atoms with Crippen LogP contribution >= 0.6 is 11.8 Å². The first-order valence-corrected chi connectivity index (χ1v) is 31.1. The third kappa shape index (κ3) is 21.2. The zero-order valence-electron chi connectivity index (χ0n) is 45.8. The lowest BCUT2D eigenvalue weighted by atomic mass is 9.82. The van der Waals surface area contributed by atoms with Crippen molar-refractivity contribution in [2.75, 3.05) is 104 Å². The van der Waals surface area contributed by atoms with E-state index in [-0.39, 0.29) is 122 Å². The number of aliphatic carboxylic acids is 1. The summed E-state index contributed by atoms with van der Waals surface area (Å²) in [6.45, 7) is 13.6. The summed E-state index contributed by atoms with van der Waals surface area (Å²) < 4.78 is 75.6. The number of nitrogens with zero attached hydrogens (tertiary/aromatic N) is 4. The molecule has 0 spiro atoms. The molecule has 2 aliphatic rings. The Bertz CT molecular complexity index is 2550. The molecular weight excluding hydrogens is 1070 g/mol. The van der Waals surface area contributed by atoms with Crippen LogP contribution in [0.25, 0.3) is 11.1 Å². The van der Waals surface area contributed by atoms with Crippen LogP contribution in [0.15, 0.2) is 72.9 Å². The van der Waals surface area contributed by atoms with Gasteiger partial charge in [0.05, 0.1) is 77.8 Å². The molecule has 5 rings (SSSR count). The van der Waals surface area contributed by atoms with E-state index in [0.717, 1.165) is 58.6 Å². The van der Waals surface area contributed by atoms with Crippen molar-refractivity contribution in [2.45, 2.75) is 77.7 Å². The zero-order chi connectivity index (χ0) is 57.7. The second-order valence-corrected chi connectivity index (χ2v) is 28.1. The molecule has 1 saturated heterocycles. The molecule has 0 saturated carbocycles. The van der Waals surface area contributed by atoms with Gasteiger partial charge in [-0.3, -0.25) is 28.9 Å². The predicted molar refractivity (Wildman–Crippen MR) is 292 cm³/mol. The molecule has 2 aliphatic heterocycles. The molecule has 6 amide bonds. The van der Waals surface area contributed by atoms with E-state index in [9.17, 15) is 43.1 Å². The number of benzene rings is 2. The normalized spacial score (nSPS) is 16.3. The number of halogens is 3. The van der Waals surface area contributed by atoms with E-state index in [0.29, 0.717) is 11.3 Å². The number of ether oxygens (including phenoxy) is 5. The van der Waals surface area contributed by atoms with E-state index in [1.807, 2.05) is 55.7 Å². The molecule has 4 atom stereocenters. The first-order chi connectivity index (χ1) is 37.5. The standard InChI is InChI=1S/C55H75F3N6O13SSi/c1-55(2,3)52(46-28-39(42-29-41(56)12-13-43(42)57)31-61(46)30-38-10-8-7-9-11-38)64(33-40-32-62(34-44(40)58)54(72)77-26-27-79(4,5)6)51(69)37-78-36-45(53(70)71)60-47(65)16-18-73-20-22-75-24-25-76-23-21-74-19-17-59-48(66)35-63-49(67)14-15-50(63)68/h7-15,28-29,31,40,44-45,52H,16-27,30,32-37H2,1-6H3,(H,59,66)(H,60,65)(H,70,71)/t40-,44-,45-,52-/m0/s1. The fourth-order valence-corrected chi connectivity index (χ4v) is 10.3. The maximum atomic E-state index is 16.2. The van der Waals surface area contributed by atoms with Crippen LogP contribution in [0, 0.1) is 23.0 Å². The summed E-state index contributed by atoms with van der Waals surface area (Å²) in [4.78, 5) is 92.1. The van der Waals surface area contributed by atoms with Crippen molar-refractivity contribution >= 4 is 61.4 Å². The van der Waals surface area contributed by atoms with Crippen LogP contribution in [0.1, 0.15) is 44.5 Å². The average molecular weight is 1150 g/mol. The number of aromatic nitrogens is 1. The van der Waals surface area contributed by atoms with Crippen molar-refractivity contribution in [1.29, 1.82) is 0 Å². The number of rotatable bonds is 33. The lowest BCUT2D eigenvalue weighted by Crippen LogP contribution is -2.47. The van der Waals surface area contributed by atoms with E-state index in [1.165, 1.54) is 4.90 Å². The quantitative estimate of drug-likeness (QED) is 0.0365. The van der Waals surface area contributed by atoms with Gasteiger partial charge in [0.1, 0.15) is 30.4 Å². The number of imide groups is 1. The molecule has 24 heteroatoms. The fraction of sp³-hybridized carbons (Fsp3) is 0.545. The van der Waals surface area contributed by atoms with E-state index < -0.39 is 90.9 Å². The summed E-state index contributed by atoms with van der Waals surface area (Å²) in [7, 11) is -1.54. The molecule has 19 nitrogen and oxygen atoms in total. The molecule has 1 fully saturated rings. The Balaban J connectivity index is 1.14. The van der Waals surface area contributed by atoms with Crippen LogP contribution in [-0.4, -0.2) is 190 Å². The second kappa shape index (κ2) is 31.1. The third-order valence-electron chi connectivity index (χ3n) is 12.7. The average Bonchev–Trinajstić information content (AvgIpc) is 4.19. The Morgan fingerprint density at radius 3 is 2.09 bits per heavy atom. The summed E-state index contributed by atoms with van der Waals surface area (Å²) in [6, 6.07) is 12.8. The molecule has 2 aromatic carbocycles. The predicted octanol–water partition coefficient (Wildman–Crippen LogP) is 5.94. The molecule has 0 aliphatic carbocycles. The number of hydrogen-bond acceptors (Lipinski definition) is 13. The topological polar surface area (TPSA) is 225 Å². The van der Waals surface area contributed by atoms with Crippen LogP contribution in [-0.2, 0) is 59.0 Å². The van der Waals surface area contributed by atoms with Gasteiger partial charge in [0.25, 0.3) is 11.8 Å². The SMILES string of the molecule is CC(C)(C)[C@H](c1cc(-c2cc(F)ccc2F)cn1Cc1ccccc1)N(C[C@@H]1CN(C(=O)OCC[Si](C)(C)C)C[C@@H]1F)C(=O)CSC[C@H](NC(=O)CCOCCOCCOCCOCCNC(=O)CN1C(=O)C=CC1=O)C(=O)O. The first-order valence-electron chi connectivity index (χ1n) is 26.3. The Morgan fingerprint density at radius 2 is 1.47 bits per heavy atom. The van der Waals surface area contributed by atoms with Crippen molar-refractivity contribution in [1.82, 2.24) is 29.9 Å². The zero-order valence-corrected chi connectivity index (χ0v) is 47.7. The van der Waals surface area contributed by atoms with Crippen LogP contribution in [0.5, 0.6) is 0 Å². The maximum Gasteiger partial charge on any atom is 0.409 e. The number of carboxylic acid groups (broad SMARTS) is 1. The number of alkyl halides is 1. The Labute approximate surface area is 464 Å². The third-order valence-corrected chi connectivity index (χ3v) is 15.5. The van der Waals surface area contributed by atoms with E-state index in [4.69, 9.17) is 23.7 Å². The van der Waals surface area contributed by atoms with Gasteiger partial charge in [0.15, 0.2) is 0 Å². The van der Waals surface area contributed by atoms with Gasteiger partial charge in [-0.25, -0.2) is 22.8 Å². The summed E-state index contributed by atoms with van der Waals surface area (Å²) in [5.41, 5.74) is 1.01. The van der Waals surface area contributed by atoms with Gasteiger partial charge in [-0.15, -0.1) is 11.8 Å². The van der Waals surface area contributed by atoms with Crippen molar-refractivity contribution in [3.05, 3.63) is 95.8 Å². The lowest BCUT2D eigenvalue weighted by Gasteiger charge is -2.42. The molecule has 3 N–H and O–H groups in total. The molecule has 79 heavy (non-hydrogen) atoms. The summed E-state index contributed by atoms with van der Waals surface area (Å²) >= 11 is 0.974. The van der Waals surface area contributed by atoms with E-state index in [2.05, 4.69) is 30.3 Å². The van der Waals surface area contributed by atoms with Crippen molar-refractivity contribution in [3.8, 4) is 11.1 Å². The molecule has 3 heterocycles. The molecule has 0 radical (unpaired) electrons. The summed E-state index contributed by atoms with van der Waals surface area (Å²) in [5, 5.41) is 15.2. The number of amides is 6. The number of likely N-dealkylation sites (tertiary alicyclic amines) is 1. The molecule has 434 valence electrons. The molecule has 0 bridgehead atoms. The number of carbonyl (C=O) groups excluding carboxylic acids is 6. The van der Waals surface area contributed by atoms with Gasteiger partial charge >= 0.3 is 12.1 Å². The molecule has 1 aromatic heterocycles. The van der Waals surface area contributed by atoms with Crippen LogP contribution in [0.4, 0.5) is 18.0 Å². The van der Waals surface area contributed by atoms with Gasteiger partial charge in [-0.2, -0.15) is 0 Å². The highest BCUT2D eigenvalue weighted by Crippen LogP contribution is 2.42. The van der Waals surface area contributed by atoms with Gasteiger partial charge < -0.3 is 53.8 Å². The number of nitrogens with one attached hydrogen (secondary N) is 2. The highest BCUT2D eigenvalue weighted by molar-refractivity contribution is 8.00. The number of carbonyl (C=O) groups is 7. The molecule has 3 aromatic rings. The molecular formula is C55H75F3N6O13SSi. The minimum Gasteiger partial charge on any atom is -0.480 e. The number of thioether (sulfide) groups is 1. The van der Waals surface area contributed by atoms with Crippen LogP contribution < -0.4 is 10.6 Å². The minimum absolute atomic E-state index is 0.00653. The van der Waals surface area contributed by atoms with Gasteiger partial charge in [0.2, 0.25) is 17.7 Å². The lowest BCUT2D eigenvalue weighted by molar-refractivity contribution is -0.141. The van der Waals surface area contributed by atoms with Crippen molar-refractivity contribution in [2.24, 2.45) is 11.3 Å². The van der Waals surface area contributed by atoms with Crippen LogP contribution in [0.3, 0.4) is 0 Å². The van der Waals surface area contributed by atoms with Crippen molar-refractivity contribution < 1.29 is 75.5 Å². The number of hydrogen-bond donors (Lipinski definition) is 3. The van der Waals surface area contributed by atoms with Crippen molar-refractivity contribution in [3.63, 3.8) is 0 Å². The highest BCUT2D eigenvalue weighted by Gasteiger charge is 2.43. The Morgan fingerprint density at radius 1 is 0.835 bits per heavy atom. The second-order valence-electron chi connectivity index (χ2n) is 21.4. The Hall–Kier alpha value is -6.05. The molecule has 0 unspecified atom stereocenters. The summed E-state index contributed by atoms with van der Waals surface area (Å²) in [5.74, 6) is -6.58. The first kappa shape index (κ1) is 63.8. The monoisotopic (exact) mass is 1140 g/mol. The van der Waals surface area contributed by atoms with Crippen LogP contribution in [0.2, 0.25) is 25.7 Å². The Kier molecular flexibility index (Phi) is 25.1. The fourth-order valence-electron chi connectivity index (χ4n) is 8.67. The smallest absolute Gasteiger partial charge is 0.409 e.